The van der Waals surface area contributed by atoms with Crippen molar-refractivity contribution < 1.29 is 39.0 Å². The molecule has 0 spiro atoms. The van der Waals surface area contributed by atoms with Gasteiger partial charge in [-0.25, -0.2) is 0 Å². The normalized spacial score (nSPS) is 14.6. The number of carbonyl (C=O) groups excluding carboxylic acids is 4. The Hall–Kier alpha value is -4.34. The molecular weight excluding hydrogens is 444 g/mol. The average Bonchev–Trinajstić information content (AvgIpc) is 3.13. The highest BCUT2D eigenvalue weighted by molar-refractivity contribution is 6.23. The third kappa shape index (κ3) is 3.62. The van der Waals surface area contributed by atoms with Crippen LogP contribution in [0.3, 0.4) is 0 Å². The van der Waals surface area contributed by atoms with E-state index in [1.807, 2.05) is 0 Å². The molecule has 2 heterocycles. The Labute approximate surface area is 193 Å². The first-order valence-corrected chi connectivity index (χ1v) is 10.5. The van der Waals surface area contributed by atoms with E-state index in [9.17, 15) is 28.8 Å². The fourth-order valence-corrected chi connectivity index (χ4v) is 4.29. The Morgan fingerprint density at radius 1 is 0.588 bits per heavy atom. The fourth-order valence-electron chi connectivity index (χ4n) is 4.29. The van der Waals surface area contributed by atoms with Gasteiger partial charge in [0, 0.05) is 13.1 Å². The topological polar surface area (TPSA) is 149 Å². The zero-order valence-corrected chi connectivity index (χ0v) is 18.4. The standard InChI is InChI=1S/C24H20N2O8/c1-11-7-15-17(23(33)25(21(15)31)5-3-19(27)28)9-13(11)14-10-18-16(8-12(14)2)22(32)26(24(18)34)6-4-20(29)30/h7-10H,3-6H2,1-2H3,(H,27,28)(H,29,30). The number of carboxylic acids is 2. The number of carboxylic acid groups (broad SMARTS) is 2. The van der Waals surface area contributed by atoms with E-state index in [1.54, 1.807) is 38.1 Å². The highest BCUT2D eigenvalue weighted by Gasteiger charge is 2.38. The van der Waals surface area contributed by atoms with Crippen molar-refractivity contribution in [2.45, 2.75) is 26.7 Å². The quantitative estimate of drug-likeness (QED) is 0.592. The number of carbonyl (C=O) groups is 6. The van der Waals surface area contributed by atoms with Gasteiger partial charge in [-0.2, -0.15) is 0 Å². The fraction of sp³-hybridized carbons (Fsp3) is 0.250. The van der Waals surface area contributed by atoms with Gasteiger partial charge in [-0.1, -0.05) is 0 Å². The zero-order valence-electron chi connectivity index (χ0n) is 18.4. The summed E-state index contributed by atoms with van der Waals surface area (Å²) in [7, 11) is 0. The molecule has 0 bridgehead atoms. The van der Waals surface area contributed by atoms with E-state index in [2.05, 4.69) is 0 Å². The van der Waals surface area contributed by atoms with Crippen molar-refractivity contribution in [3.8, 4) is 11.1 Å². The molecule has 10 nitrogen and oxygen atoms in total. The van der Waals surface area contributed by atoms with Crippen LogP contribution in [0.25, 0.3) is 11.1 Å². The molecule has 0 fully saturated rings. The van der Waals surface area contributed by atoms with Crippen LogP contribution in [0, 0.1) is 13.8 Å². The minimum Gasteiger partial charge on any atom is -0.481 e. The first-order valence-electron chi connectivity index (χ1n) is 10.5. The molecule has 2 aliphatic heterocycles. The van der Waals surface area contributed by atoms with Crippen LogP contribution in [0.4, 0.5) is 0 Å². The van der Waals surface area contributed by atoms with Crippen molar-refractivity contribution in [2.75, 3.05) is 13.1 Å². The summed E-state index contributed by atoms with van der Waals surface area (Å²) in [5.41, 5.74) is 3.13. The molecule has 2 aliphatic rings. The number of imide groups is 2. The summed E-state index contributed by atoms with van der Waals surface area (Å²) in [6, 6.07) is 6.21. The lowest BCUT2D eigenvalue weighted by atomic mass is 9.90. The lowest BCUT2D eigenvalue weighted by Crippen LogP contribution is -2.31. The molecule has 34 heavy (non-hydrogen) atoms. The van der Waals surface area contributed by atoms with Crippen molar-refractivity contribution in [1.82, 2.24) is 9.80 Å². The maximum atomic E-state index is 12.8. The first kappa shape index (κ1) is 22.8. The molecule has 0 aliphatic carbocycles. The molecule has 4 amide bonds. The van der Waals surface area contributed by atoms with E-state index in [4.69, 9.17) is 10.2 Å². The van der Waals surface area contributed by atoms with Crippen molar-refractivity contribution >= 4 is 35.6 Å². The van der Waals surface area contributed by atoms with Crippen LogP contribution in [0.1, 0.15) is 65.4 Å². The third-order valence-electron chi connectivity index (χ3n) is 6.02. The van der Waals surface area contributed by atoms with Crippen LogP contribution >= 0.6 is 0 Å². The summed E-state index contributed by atoms with van der Waals surface area (Å²) in [6.07, 6.45) is -0.731. The van der Waals surface area contributed by atoms with Gasteiger partial charge < -0.3 is 10.2 Å². The molecule has 4 rings (SSSR count). The van der Waals surface area contributed by atoms with Crippen LogP contribution in [-0.4, -0.2) is 68.7 Å². The monoisotopic (exact) mass is 464 g/mol. The van der Waals surface area contributed by atoms with Gasteiger partial charge in [-0.05, 0) is 60.4 Å². The van der Waals surface area contributed by atoms with Crippen LogP contribution < -0.4 is 0 Å². The Balaban J connectivity index is 1.73. The van der Waals surface area contributed by atoms with Gasteiger partial charge in [0.05, 0.1) is 35.1 Å². The molecule has 2 aromatic carbocycles. The van der Waals surface area contributed by atoms with Crippen molar-refractivity contribution in [3.05, 3.63) is 57.6 Å². The van der Waals surface area contributed by atoms with Gasteiger partial charge in [-0.15, -0.1) is 0 Å². The number of nitrogens with zero attached hydrogens (tertiary/aromatic N) is 2. The summed E-state index contributed by atoms with van der Waals surface area (Å²) in [6.45, 7) is 3.01. The van der Waals surface area contributed by atoms with Gasteiger partial charge >= 0.3 is 11.9 Å². The molecule has 0 aromatic heterocycles. The number of rotatable bonds is 7. The molecule has 0 saturated carbocycles. The molecule has 0 saturated heterocycles. The van der Waals surface area contributed by atoms with Gasteiger partial charge in [0.25, 0.3) is 23.6 Å². The van der Waals surface area contributed by atoms with Gasteiger partial charge in [0.1, 0.15) is 0 Å². The van der Waals surface area contributed by atoms with Gasteiger partial charge in [-0.3, -0.25) is 38.6 Å². The second-order valence-corrected chi connectivity index (χ2v) is 8.24. The summed E-state index contributed by atoms with van der Waals surface area (Å²) in [4.78, 5) is 74.5. The van der Waals surface area contributed by atoms with E-state index in [0.717, 1.165) is 9.80 Å². The molecule has 2 aromatic rings. The SMILES string of the molecule is Cc1cc2c(cc1-c1cc3c(cc1C)C(=O)N(CCC(=O)O)C3=O)C(=O)N(CCC(=O)O)C2=O. The van der Waals surface area contributed by atoms with Crippen molar-refractivity contribution in [2.24, 2.45) is 0 Å². The van der Waals surface area contributed by atoms with Crippen LogP contribution in [0.2, 0.25) is 0 Å². The van der Waals surface area contributed by atoms with Gasteiger partial charge in [0.2, 0.25) is 0 Å². The maximum absolute atomic E-state index is 12.8. The molecule has 10 heteroatoms. The lowest BCUT2D eigenvalue weighted by molar-refractivity contribution is -0.138. The minimum atomic E-state index is -1.13. The third-order valence-corrected chi connectivity index (χ3v) is 6.02. The molecular formula is C24H20N2O8. The number of hydrogen-bond donors (Lipinski definition) is 2. The second-order valence-electron chi connectivity index (χ2n) is 8.24. The smallest absolute Gasteiger partial charge is 0.305 e. The number of amides is 4. The lowest BCUT2D eigenvalue weighted by Gasteiger charge is -2.12. The summed E-state index contributed by atoms with van der Waals surface area (Å²) < 4.78 is 0. The van der Waals surface area contributed by atoms with E-state index in [1.165, 1.54) is 0 Å². The van der Waals surface area contributed by atoms with Crippen molar-refractivity contribution in [3.63, 3.8) is 0 Å². The highest BCUT2D eigenvalue weighted by atomic mass is 16.4. The van der Waals surface area contributed by atoms with Gasteiger partial charge in [0.15, 0.2) is 0 Å². The van der Waals surface area contributed by atoms with Crippen molar-refractivity contribution in [1.29, 1.82) is 0 Å². The molecule has 174 valence electrons. The second kappa shape index (κ2) is 8.22. The number of fused-ring (bicyclic) bond motifs is 2. The number of benzene rings is 2. The van der Waals surface area contributed by atoms with Crippen LogP contribution in [-0.2, 0) is 9.59 Å². The predicted octanol–water partition coefficient (Wildman–Crippen LogP) is 2.11. The molecule has 0 radical (unpaired) electrons. The molecule has 0 atom stereocenters. The summed E-state index contributed by atoms with van der Waals surface area (Å²) >= 11 is 0. The largest absolute Gasteiger partial charge is 0.481 e. The summed E-state index contributed by atoms with van der Waals surface area (Å²) in [5.74, 6) is -4.55. The maximum Gasteiger partial charge on any atom is 0.305 e. The molecule has 2 N–H and O–H groups in total. The Bertz CT molecular complexity index is 1230. The number of hydrogen-bond acceptors (Lipinski definition) is 6. The highest BCUT2D eigenvalue weighted by Crippen LogP contribution is 2.36. The average molecular weight is 464 g/mol. The van der Waals surface area contributed by atoms with E-state index >= 15 is 0 Å². The first-order chi connectivity index (χ1) is 16.0. The summed E-state index contributed by atoms with van der Waals surface area (Å²) in [5, 5.41) is 17.8. The predicted molar refractivity (Wildman–Crippen MR) is 117 cm³/mol. The number of aliphatic carboxylic acids is 2. The van der Waals surface area contributed by atoms with Crippen LogP contribution in [0.15, 0.2) is 24.3 Å². The zero-order chi connectivity index (χ0) is 24.9. The van der Waals surface area contributed by atoms with E-state index < -0.39 is 35.6 Å². The number of aryl methyl sites for hydroxylation is 2. The Kier molecular flexibility index (Phi) is 5.52. The minimum absolute atomic E-state index is 0.140. The van der Waals surface area contributed by atoms with E-state index in [-0.39, 0.29) is 48.2 Å². The van der Waals surface area contributed by atoms with E-state index in [0.29, 0.717) is 22.3 Å². The Morgan fingerprint density at radius 2 is 0.882 bits per heavy atom. The Morgan fingerprint density at radius 3 is 1.18 bits per heavy atom. The van der Waals surface area contributed by atoms with Crippen LogP contribution in [0.5, 0.6) is 0 Å². The molecule has 0 unspecified atom stereocenters.